The Morgan fingerprint density at radius 2 is 2.14 bits per heavy atom. The maximum absolute atomic E-state index is 13.4. The van der Waals surface area contributed by atoms with Gasteiger partial charge in [-0.3, -0.25) is 0 Å². The summed E-state index contributed by atoms with van der Waals surface area (Å²) in [6.07, 6.45) is 0.717. The number of halogens is 1. The Bertz CT molecular complexity index is 748. The monoisotopic (exact) mass is 304 g/mol. The Hall–Kier alpha value is -2.12. The molecule has 0 spiro atoms. The lowest BCUT2D eigenvalue weighted by Gasteiger charge is -1.97. The van der Waals surface area contributed by atoms with E-state index in [1.165, 1.54) is 23.5 Å². The van der Waals surface area contributed by atoms with Crippen molar-refractivity contribution >= 4 is 11.3 Å². The van der Waals surface area contributed by atoms with Gasteiger partial charge in [-0.15, -0.1) is 11.3 Å². The van der Waals surface area contributed by atoms with Gasteiger partial charge < -0.3 is 10.3 Å². The zero-order chi connectivity index (χ0) is 14.8. The molecule has 0 saturated carbocycles. The molecular weight excluding hydrogens is 291 g/mol. The molecule has 5 nitrogen and oxygen atoms in total. The molecule has 108 valence electrons. The third-order valence-corrected chi connectivity index (χ3v) is 3.76. The van der Waals surface area contributed by atoms with Gasteiger partial charge in [-0.05, 0) is 37.2 Å². The van der Waals surface area contributed by atoms with E-state index >= 15 is 0 Å². The van der Waals surface area contributed by atoms with Crippen molar-refractivity contribution in [1.82, 2.24) is 15.1 Å². The molecule has 2 N–H and O–H groups in total. The highest BCUT2D eigenvalue weighted by molar-refractivity contribution is 7.09. The van der Waals surface area contributed by atoms with Crippen LogP contribution < -0.4 is 5.73 Å². The van der Waals surface area contributed by atoms with Gasteiger partial charge in [0.25, 0.3) is 5.89 Å². The number of hydrogen-bond acceptors (Lipinski definition) is 6. The SMILES string of the molecule is Cc1cc(F)cc(-c2noc(-c3csc(CCN)n3)n2)c1. The third kappa shape index (κ3) is 2.98. The van der Waals surface area contributed by atoms with Gasteiger partial charge in [0.15, 0.2) is 0 Å². The highest BCUT2D eigenvalue weighted by Crippen LogP contribution is 2.24. The Morgan fingerprint density at radius 1 is 1.29 bits per heavy atom. The first-order chi connectivity index (χ1) is 10.2. The quantitative estimate of drug-likeness (QED) is 0.802. The largest absolute Gasteiger partial charge is 0.332 e. The molecule has 0 unspecified atom stereocenters. The van der Waals surface area contributed by atoms with E-state index in [1.54, 1.807) is 6.07 Å². The van der Waals surface area contributed by atoms with Crippen molar-refractivity contribution in [2.45, 2.75) is 13.3 Å². The Morgan fingerprint density at radius 3 is 2.90 bits per heavy atom. The Kier molecular flexibility index (Phi) is 3.76. The first-order valence-electron chi connectivity index (χ1n) is 6.42. The predicted octanol–water partition coefficient (Wildman–Crippen LogP) is 2.81. The molecule has 3 aromatic rings. The lowest BCUT2D eigenvalue weighted by atomic mass is 10.1. The minimum Gasteiger partial charge on any atom is -0.332 e. The van der Waals surface area contributed by atoms with Gasteiger partial charge in [0.2, 0.25) is 5.82 Å². The van der Waals surface area contributed by atoms with Gasteiger partial charge >= 0.3 is 0 Å². The maximum atomic E-state index is 13.4. The van der Waals surface area contributed by atoms with E-state index in [9.17, 15) is 4.39 Å². The van der Waals surface area contributed by atoms with Gasteiger partial charge in [-0.25, -0.2) is 9.37 Å². The molecule has 0 aliphatic heterocycles. The van der Waals surface area contributed by atoms with E-state index in [1.807, 2.05) is 12.3 Å². The lowest BCUT2D eigenvalue weighted by molar-refractivity contribution is 0.431. The van der Waals surface area contributed by atoms with Crippen LogP contribution in [0.25, 0.3) is 23.0 Å². The van der Waals surface area contributed by atoms with Crippen LogP contribution in [0.1, 0.15) is 10.6 Å². The van der Waals surface area contributed by atoms with Crippen LogP contribution in [0.4, 0.5) is 4.39 Å². The standard InChI is InChI=1S/C14H13FN4OS/c1-8-4-9(6-10(15)5-8)13-18-14(20-19-13)11-7-21-12(17-11)2-3-16/h4-7H,2-3,16H2,1H3. The highest BCUT2D eigenvalue weighted by Gasteiger charge is 2.14. The second kappa shape index (κ2) is 5.71. The third-order valence-electron chi connectivity index (χ3n) is 2.86. The van der Waals surface area contributed by atoms with Crippen LogP contribution in [0.3, 0.4) is 0 Å². The fraction of sp³-hybridized carbons (Fsp3) is 0.214. The Balaban J connectivity index is 1.91. The molecule has 0 atom stereocenters. The molecule has 3 rings (SSSR count). The molecule has 7 heteroatoms. The van der Waals surface area contributed by atoms with E-state index in [2.05, 4.69) is 15.1 Å². The molecule has 2 heterocycles. The summed E-state index contributed by atoms with van der Waals surface area (Å²) in [5, 5.41) is 6.66. The van der Waals surface area contributed by atoms with Crippen molar-refractivity contribution in [1.29, 1.82) is 0 Å². The summed E-state index contributed by atoms with van der Waals surface area (Å²) in [5.41, 5.74) is 7.50. The van der Waals surface area contributed by atoms with Gasteiger partial charge in [-0.1, -0.05) is 5.16 Å². The predicted molar refractivity (Wildman–Crippen MR) is 78.3 cm³/mol. The summed E-state index contributed by atoms with van der Waals surface area (Å²) in [4.78, 5) is 8.66. The number of thiazole rings is 1. The number of rotatable bonds is 4. The van der Waals surface area contributed by atoms with Gasteiger partial charge in [0, 0.05) is 17.4 Å². The first-order valence-corrected chi connectivity index (χ1v) is 7.30. The zero-order valence-corrected chi connectivity index (χ0v) is 12.2. The topological polar surface area (TPSA) is 77.8 Å². The highest BCUT2D eigenvalue weighted by atomic mass is 32.1. The normalized spacial score (nSPS) is 11.0. The van der Waals surface area contributed by atoms with Crippen LogP contribution in [-0.4, -0.2) is 21.7 Å². The van der Waals surface area contributed by atoms with Crippen LogP contribution in [0.2, 0.25) is 0 Å². The van der Waals surface area contributed by atoms with E-state index in [0.29, 0.717) is 29.5 Å². The number of nitrogens with two attached hydrogens (primary N) is 1. The van der Waals surface area contributed by atoms with Crippen molar-refractivity contribution in [3.8, 4) is 23.0 Å². The summed E-state index contributed by atoms with van der Waals surface area (Å²) in [6.45, 7) is 2.36. The van der Waals surface area contributed by atoms with Crippen LogP contribution in [-0.2, 0) is 6.42 Å². The van der Waals surface area contributed by atoms with E-state index in [-0.39, 0.29) is 5.82 Å². The fourth-order valence-corrected chi connectivity index (χ4v) is 2.75. The van der Waals surface area contributed by atoms with E-state index in [4.69, 9.17) is 10.3 Å². The number of aryl methyl sites for hydroxylation is 1. The second-order valence-corrected chi connectivity index (χ2v) is 5.55. The number of aromatic nitrogens is 3. The number of benzene rings is 1. The molecule has 21 heavy (non-hydrogen) atoms. The molecule has 1 aromatic carbocycles. The van der Waals surface area contributed by atoms with Crippen LogP contribution in [0.5, 0.6) is 0 Å². The fourth-order valence-electron chi connectivity index (χ4n) is 1.96. The second-order valence-electron chi connectivity index (χ2n) is 4.61. The molecule has 0 aliphatic rings. The smallest absolute Gasteiger partial charge is 0.277 e. The van der Waals surface area contributed by atoms with E-state index in [0.717, 1.165) is 17.0 Å². The molecule has 0 fully saturated rings. The molecule has 0 radical (unpaired) electrons. The lowest BCUT2D eigenvalue weighted by Crippen LogP contribution is -2.01. The van der Waals surface area contributed by atoms with Crippen LogP contribution >= 0.6 is 11.3 Å². The van der Waals surface area contributed by atoms with Crippen molar-refractivity contribution in [2.75, 3.05) is 6.54 Å². The summed E-state index contributed by atoms with van der Waals surface area (Å²) < 4.78 is 18.6. The average molecular weight is 304 g/mol. The summed E-state index contributed by atoms with van der Waals surface area (Å²) in [7, 11) is 0. The van der Waals surface area contributed by atoms with Gasteiger partial charge in [0.05, 0.1) is 5.01 Å². The maximum Gasteiger partial charge on any atom is 0.277 e. The van der Waals surface area contributed by atoms with Crippen LogP contribution in [0, 0.1) is 12.7 Å². The molecule has 0 saturated heterocycles. The summed E-state index contributed by atoms with van der Waals surface area (Å²) in [5.74, 6) is 0.350. The number of hydrogen-bond donors (Lipinski definition) is 1. The van der Waals surface area contributed by atoms with Crippen molar-refractivity contribution < 1.29 is 8.91 Å². The van der Waals surface area contributed by atoms with Gasteiger partial charge in [-0.2, -0.15) is 4.98 Å². The Labute approximate surface area is 124 Å². The molecular formula is C14H13FN4OS. The zero-order valence-electron chi connectivity index (χ0n) is 11.3. The van der Waals surface area contributed by atoms with Crippen molar-refractivity contribution in [2.24, 2.45) is 5.73 Å². The first kappa shape index (κ1) is 13.8. The van der Waals surface area contributed by atoms with Gasteiger partial charge in [0.1, 0.15) is 11.5 Å². The van der Waals surface area contributed by atoms with Crippen molar-refractivity contribution in [3.05, 3.63) is 40.0 Å². The van der Waals surface area contributed by atoms with E-state index < -0.39 is 0 Å². The summed E-state index contributed by atoms with van der Waals surface area (Å²) >= 11 is 1.50. The average Bonchev–Trinajstić information content (AvgIpc) is 3.06. The van der Waals surface area contributed by atoms with Crippen molar-refractivity contribution in [3.63, 3.8) is 0 Å². The summed E-state index contributed by atoms with van der Waals surface area (Å²) in [6, 6.07) is 4.63. The van der Waals surface area contributed by atoms with Crippen LogP contribution in [0.15, 0.2) is 28.1 Å². The minimum atomic E-state index is -0.324. The molecule has 0 amide bonds. The number of nitrogens with zero attached hydrogens (tertiary/aromatic N) is 3. The molecule has 2 aromatic heterocycles. The molecule has 0 bridgehead atoms. The molecule has 0 aliphatic carbocycles. The minimum absolute atomic E-state index is 0.324.